The molecular weight excluding hydrogens is 355 g/mol. The number of amides is 1. The van der Waals surface area contributed by atoms with Gasteiger partial charge in [-0.25, -0.2) is 4.39 Å². The molecule has 0 spiro atoms. The van der Waals surface area contributed by atoms with E-state index in [4.69, 9.17) is 0 Å². The normalized spacial score (nSPS) is 10.6. The van der Waals surface area contributed by atoms with Crippen LogP contribution in [0, 0.1) is 5.82 Å². The number of nitrogens with zero attached hydrogens (tertiary/aromatic N) is 2. The molecule has 0 fully saturated rings. The Morgan fingerprint density at radius 3 is 2.68 bits per heavy atom. The van der Waals surface area contributed by atoms with Crippen LogP contribution in [-0.2, 0) is 17.1 Å². The monoisotopic (exact) mass is 372 g/mol. The van der Waals surface area contributed by atoms with Gasteiger partial charge in [0.1, 0.15) is 5.82 Å². The van der Waals surface area contributed by atoms with Crippen LogP contribution in [0.2, 0.25) is 0 Å². The van der Waals surface area contributed by atoms with Crippen LogP contribution < -0.4 is 4.90 Å². The minimum atomic E-state index is -0.307. The molecular formula is C19H17FN2OS2. The molecule has 128 valence electrons. The first kappa shape index (κ1) is 17.6. The summed E-state index contributed by atoms with van der Waals surface area (Å²) in [6, 6.07) is 13.9. The Bertz CT molecular complexity index is 792. The summed E-state index contributed by atoms with van der Waals surface area (Å²) in [7, 11) is 0. The molecule has 1 aromatic carbocycles. The van der Waals surface area contributed by atoms with Crippen molar-refractivity contribution in [2.24, 2.45) is 0 Å². The Labute approximate surface area is 154 Å². The van der Waals surface area contributed by atoms with E-state index in [2.05, 4.69) is 4.98 Å². The second-order valence-corrected chi connectivity index (χ2v) is 7.41. The number of benzene rings is 1. The number of anilines is 1. The summed E-state index contributed by atoms with van der Waals surface area (Å²) in [6.07, 6.45) is 3.54. The van der Waals surface area contributed by atoms with E-state index in [1.165, 1.54) is 12.1 Å². The van der Waals surface area contributed by atoms with Gasteiger partial charge in [-0.3, -0.25) is 9.78 Å². The zero-order chi connectivity index (χ0) is 17.5. The molecule has 0 aliphatic carbocycles. The van der Waals surface area contributed by atoms with Crippen LogP contribution in [0.5, 0.6) is 0 Å². The van der Waals surface area contributed by atoms with Gasteiger partial charge in [-0.1, -0.05) is 12.1 Å². The molecule has 3 aromatic rings. The summed E-state index contributed by atoms with van der Waals surface area (Å²) in [5.74, 6) is 0.792. The van der Waals surface area contributed by atoms with Crippen molar-refractivity contribution in [2.75, 3.05) is 10.7 Å². The van der Waals surface area contributed by atoms with Crippen molar-refractivity contribution in [1.29, 1.82) is 0 Å². The van der Waals surface area contributed by atoms with Gasteiger partial charge in [0, 0.05) is 28.7 Å². The number of thiophene rings is 1. The fraction of sp³-hybridized carbons (Fsp3) is 0.158. The number of halogens is 1. The Hall–Kier alpha value is -2.18. The number of pyridine rings is 1. The van der Waals surface area contributed by atoms with Gasteiger partial charge in [0.25, 0.3) is 0 Å². The molecule has 0 unspecified atom stereocenters. The van der Waals surface area contributed by atoms with Gasteiger partial charge in [0.05, 0.1) is 12.3 Å². The number of thioether (sulfide) groups is 1. The number of carbonyl (C=O) groups is 1. The minimum absolute atomic E-state index is 0.00824. The molecule has 2 heterocycles. The number of carbonyl (C=O) groups excluding carboxylic acids is 1. The van der Waals surface area contributed by atoms with Crippen molar-refractivity contribution < 1.29 is 9.18 Å². The van der Waals surface area contributed by atoms with E-state index in [-0.39, 0.29) is 11.7 Å². The lowest BCUT2D eigenvalue weighted by Crippen LogP contribution is -2.31. The lowest BCUT2D eigenvalue weighted by molar-refractivity contribution is -0.116. The topological polar surface area (TPSA) is 33.2 Å². The van der Waals surface area contributed by atoms with E-state index in [9.17, 15) is 9.18 Å². The van der Waals surface area contributed by atoms with E-state index in [0.717, 1.165) is 16.2 Å². The van der Waals surface area contributed by atoms with Crippen molar-refractivity contribution >= 4 is 34.7 Å². The number of aromatic nitrogens is 1. The Balaban J connectivity index is 1.67. The second-order valence-electron chi connectivity index (χ2n) is 5.39. The van der Waals surface area contributed by atoms with E-state index < -0.39 is 0 Å². The van der Waals surface area contributed by atoms with Gasteiger partial charge < -0.3 is 4.90 Å². The van der Waals surface area contributed by atoms with Crippen molar-refractivity contribution in [3.05, 3.63) is 82.6 Å². The fourth-order valence-electron chi connectivity index (χ4n) is 2.32. The smallest absolute Gasteiger partial charge is 0.237 e. The SMILES string of the molecule is O=C(CSCc1cccnc1)N(Cc1cccs1)c1ccc(F)cc1. The summed E-state index contributed by atoms with van der Waals surface area (Å²) in [5.41, 5.74) is 1.80. The van der Waals surface area contributed by atoms with E-state index in [1.807, 2.05) is 29.6 Å². The fourth-order valence-corrected chi connectivity index (χ4v) is 3.85. The summed E-state index contributed by atoms with van der Waals surface area (Å²) >= 11 is 3.16. The molecule has 0 aliphatic heterocycles. The van der Waals surface area contributed by atoms with Crippen LogP contribution in [0.15, 0.2) is 66.3 Å². The molecule has 0 radical (unpaired) electrons. The average molecular weight is 372 g/mol. The first-order valence-electron chi connectivity index (χ1n) is 7.77. The van der Waals surface area contributed by atoms with E-state index in [0.29, 0.717) is 18.0 Å². The molecule has 2 aromatic heterocycles. The van der Waals surface area contributed by atoms with E-state index in [1.54, 1.807) is 52.5 Å². The molecule has 25 heavy (non-hydrogen) atoms. The highest BCUT2D eigenvalue weighted by atomic mass is 32.2. The quantitative estimate of drug-likeness (QED) is 0.600. The van der Waals surface area contributed by atoms with Crippen LogP contribution in [0.4, 0.5) is 10.1 Å². The maximum Gasteiger partial charge on any atom is 0.237 e. The average Bonchev–Trinajstić information content (AvgIpc) is 3.15. The molecule has 6 heteroatoms. The molecule has 0 saturated heterocycles. The third kappa shape index (κ3) is 5.14. The molecule has 0 N–H and O–H groups in total. The van der Waals surface area contributed by atoms with Crippen molar-refractivity contribution in [3.8, 4) is 0 Å². The summed E-state index contributed by atoms with van der Waals surface area (Å²) < 4.78 is 13.2. The maximum absolute atomic E-state index is 13.2. The number of hydrogen-bond donors (Lipinski definition) is 0. The highest BCUT2D eigenvalue weighted by molar-refractivity contribution is 7.99. The molecule has 0 aliphatic rings. The van der Waals surface area contributed by atoms with Gasteiger partial charge in [0.2, 0.25) is 5.91 Å². The Kier molecular flexibility index (Phi) is 6.19. The van der Waals surface area contributed by atoms with Crippen molar-refractivity contribution in [3.63, 3.8) is 0 Å². The highest BCUT2D eigenvalue weighted by Gasteiger charge is 2.17. The first-order chi connectivity index (χ1) is 12.2. The second kappa shape index (κ2) is 8.78. The van der Waals surface area contributed by atoms with Crippen LogP contribution in [0.25, 0.3) is 0 Å². The molecule has 1 amide bonds. The molecule has 3 nitrogen and oxygen atoms in total. The van der Waals surface area contributed by atoms with Crippen LogP contribution in [0.1, 0.15) is 10.4 Å². The predicted octanol–water partition coefficient (Wildman–Crippen LogP) is 4.75. The minimum Gasteiger partial charge on any atom is -0.306 e. The largest absolute Gasteiger partial charge is 0.306 e. The van der Waals surface area contributed by atoms with Crippen LogP contribution in [0.3, 0.4) is 0 Å². The standard InChI is InChI=1S/C19H17FN2OS2/c20-16-5-7-17(8-6-16)22(12-18-4-2-10-25-18)19(23)14-24-13-15-3-1-9-21-11-15/h1-11H,12-14H2. The zero-order valence-electron chi connectivity index (χ0n) is 13.5. The summed E-state index contributed by atoms with van der Waals surface area (Å²) in [4.78, 5) is 19.6. The lowest BCUT2D eigenvalue weighted by Gasteiger charge is -2.22. The Morgan fingerprint density at radius 2 is 2.00 bits per heavy atom. The number of hydrogen-bond acceptors (Lipinski definition) is 4. The third-order valence-electron chi connectivity index (χ3n) is 3.55. The van der Waals surface area contributed by atoms with Gasteiger partial charge in [0.15, 0.2) is 0 Å². The summed E-state index contributed by atoms with van der Waals surface area (Å²) in [6.45, 7) is 0.496. The summed E-state index contributed by atoms with van der Waals surface area (Å²) in [5, 5.41) is 1.99. The van der Waals surface area contributed by atoms with Crippen molar-refractivity contribution in [2.45, 2.75) is 12.3 Å². The van der Waals surface area contributed by atoms with Gasteiger partial charge >= 0.3 is 0 Å². The van der Waals surface area contributed by atoms with Gasteiger partial charge in [-0.2, -0.15) is 0 Å². The highest BCUT2D eigenvalue weighted by Crippen LogP contribution is 2.22. The van der Waals surface area contributed by atoms with Crippen LogP contribution >= 0.6 is 23.1 Å². The van der Waals surface area contributed by atoms with Gasteiger partial charge in [-0.05, 0) is 47.3 Å². The number of rotatable bonds is 7. The predicted molar refractivity (Wildman–Crippen MR) is 102 cm³/mol. The molecule has 0 bridgehead atoms. The molecule has 3 rings (SSSR count). The molecule has 0 atom stereocenters. The Morgan fingerprint density at radius 1 is 1.16 bits per heavy atom. The lowest BCUT2D eigenvalue weighted by atomic mass is 10.2. The first-order valence-corrected chi connectivity index (χ1v) is 9.81. The third-order valence-corrected chi connectivity index (χ3v) is 5.40. The maximum atomic E-state index is 13.2. The van der Waals surface area contributed by atoms with E-state index >= 15 is 0 Å². The van der Waals surface area contributed by atoms with Crippen molar-refractivity contribution in [1.82, 2.24) is 4.98 Å². The molecule has 0 saturated carbocycles. The van der Waals surface area contributed by atoms with Crippen LogP contribution in [-0.4, -0.2) is 16.6 Å². The van der Waals surface area contributed by atoms with Gasteiger partial charge in [-0.15, -0.1) is 23.1 Å². The zero-order valence-corrected chi connectivity index (χ0v) is 15.1.